The van der Waals surface area contributed by atoms with Gasteiger partial charge in [0.25, 0.3) is 0 Å². The maximum atomic E-state index is 12.4. The number of aliphatic hydroxyl groups is 1. The zero-order valence-electron chi connectivity index (χ0n) is 23.8. The van der Waals surface area contributed by atoms with Gasteiger partial charge in [-0.15, -0.1) is 0 Å². The number of aromatic nitrogens is 3. The van der Waals surface area contributed by atoms with Crippen molar-refractivity contribution < 1.29 is 14.6 Å². The molecule has 0 saturated heterocycles. The van der Waals surface area contributed by atoms with Crippen molar-refractivity contribution in [2.45, 2.75) is 58.5 Å². The summed E-state index contributed by atoms with van der Waals surface area (Å²) >= 11 is 0. The molecular weight excluding hydrogens is 516 g/mol. The van der Waals surface area contributed by atoms with Gasteiger partial charge >= 0.3 is 0 Å². The number of H-pyrrole nitrogens is 1. The zero-order valence-corrected chi connectivity index (χ0v) is 24.8. The average Bonchev–Trinajstić information content (AvgIpc) is 3.55. The third kappa shape index (κ3) is 5.54. The van der Waals surface area contributed by atoms with Crippen LogP contribution in [0, 0.1) is 18.3 Å². The minimum atomic E-state index is -1.55. The second-order valence-corrected chi connectivity index (χ2v) is 17.3. The van der Waals surface area contributed by atoms with Gasteiger partial charge in [0.05, 0.1) is 22.7 Å². The van der Waals surface area contributed by atoms with E-state index in [1.54, 1.807) is 19.1 Å². The van der Waals surface area contributed by atoms with E-state index >= 15 is 0 Å². The van der Waals surface area contributed by atoms with Gasteiger partial charge in [-0.2, -0.15) is 5.26 Å². The quantitative estimate of drug-likeness (QED) is 0.146. The van der Waals surface area contributed by atoms with Crippen molar-refractivity contribution in [1.29, 1.82) is 5.26 Å². The summed E-state index contributed by atoms with van der Waals surface area (Å²) in [7, 11) is -1.29. The molecule has 0 radical (unpaired) electrons. The number of hydrogen-bond acceptors (Lipinski definition) is 5. The number of rotatable bonds is 10. The SMILES string of the molecule is Cc1cc(OCc2ccccc2)c(C(C)(O)c2nc3ccc(C#N)cc3n2COCC[Si](C)(C)C)c2cc[nH]c12. The fourth-order valence-corrected chi connectivity index (χ4v) is 5.83. The third-order valence-electron chi connectivity index (χ3n) is 7.26. The molecule has 2 heterocycles. The molecule has 5 aromatic rings. The molecule has 2 aromatic heterocycles. The highest BCUT2D eigenvalue weighted by molar-refractivity contribution is 6.76. The number of aryl methyl sites for hydroxylation is 1. The van der Waals surface area contributed by atoms with Crippen molar-refractivity contribution in [2.24, 2.45) is 0 Å². The van der Waals surface area contributed by atoms with E-state index in [-0.39, 0.29) is 6.73 Å². The van der Waals surface area contributed by atoms with Crippen molar-refractivity contribution in [3.05, 3.63) is 94.9 Å². The maximum Gasteiger partial charge on any atom is 0.149 e. The van der Waals surface area contributed by atoms with Crippen LogP contribution >= 0.6 is 0 Å². The predicted molar refractivity (Wildman–Crippen MR) is 161 cm³/mol. The number of imidazole rings is 1. The van der Waals surface area contributed by atoms with Gasteiger partial charge in [0.1, 0.15) is 30.5 Å². The summed E-state index contributed by atoms with van der Waals surface area (Å²) in [6.07, 6.45) is 1.87. The van der Waals surface area contributed by atoms with Crippen molar-refractivity contribution in [3.63, 3.8) is 0 Å². The number of benzene rings is 3. The Bertz CT molecular complexity index is 1690. The summed E-state index contributed by atoms with van der Waals surface area (Å²) in [5, 5.41) is 22.9. The molecule has 3 aromatic carbocycles. The van der Waals surface area contributed by atoms with Crippen LogP contribution < -0.4 is 4.74 Å². The molecule has 8 heteroatoms. The molecule has 1 unspecified atom stereocenters. The lowest BCUT2D eigenvalue weighted by Crippen LogP contribution is -2.29. The largest absolute Gasteiger partial charge is 0.488 e. The summed E-state index contributed by atoms with van der Waals surface area (Å²) in [5.74, 6) is 1.02. The molecular formula is C32H36N4O3Si. The Morgan fingerprint density at radius 3 is 2.60 bits per heavy atom. The van der Waals surface area contributed by atoms with Crippen LogP contribution in [0.4, 0.5) is 0 Å². The number of ether oxygens (including phenoxy) is 2. The molecule has 0 fully saturated rings. The number of fused-ring (bicyclic) bond motifs is 2. The molecule has 5 rings (SSSR count). The van der Waals surface area contributed by atoms with Gasteiger partial charge in [0, 0.05) is 37.3 Å². The number of aromatic amines is 1. The number of nitrogens with zero attached hydrogens (tertiary/aromatic N) is 3. The van der Waals surface area contributed by atoms with Crippen LogP contribution in [-0.4, -0.2) is 34.3 Å². The molecule has 206 valence electrons. The van der Waals surface area contributed by atoms with Gasteiger partial charge in [-0.1, -0.05) is 50.0 Å². The van der Waals surface area contributed by atoms with E-state index in [1.165, 1.54) is 0 Å². The van der Waals surface area contributed by atoms with Crippen LogP contribution in [0.2, 0.25) is 25.7 Å². The Morgan fingerprint density at radius 2 is 1.88 bits per heavy atom. The second kappa shape index (κ2) is 10.9. The van der Waals surface area contributed by atoms with Crippen LogP contribution in [0.15, 0.2) is 66.9 Å². The van der Waals surface area contributed by atoms with Gasteiger partial charge in [-0.3, -0.25) is 0 Å². The van der Waals surface area contributed by atoms with Gasteiger partial charge in [-0.05, 0) is 61.4 Å². The van der Waals surface area contributed by atoms with Gasteiger partial charge in [0.2, 0.25) is 0 Å². The third-order valence-corrected chi connectivity index (χ3v) is 8.96. The van der Waals surface area contributed by atoms with E-state index in [9.17, 15) is 10.4 Å². The summed E-state index contributed by atoms with van der Waals surface area (Å²) in [4.78, 5) is 8.22. The second-order valence-electron chi connectivity index (χ2n) is 11.7. The lowest BCUT2D eigenvalue weighted by molar-refractivity contribution is 0.0553. The van der Waals surface area contributed by atoms with Crippen LogP contribution in [0.5, 0.6) is 5.75 Å². The standard InChI is InChI=1S/C32H36N4O3Si/c1-22-17-28(39-20-23-9-7-6-8-10-23)29(25-13-14-34-30(22)25)32(2,37)31-35-26-12-11-24(19-33)18-27(26)36(31)21-38-15-16-40(3,4)5/h6-14,17-18,34,37H,15-16,20-21H2,1-5H3. The molecule has 1 atom stereocenters. The Morgan fingerprint density at radius 1 is 1.10 bits per heavy atom. The van der Waals surface area contributed by atoms with Crippen molar-refractivity contribution in [3.8, 4) is 11.8 Å². The van der Waals surface area contributed by atoms with Crippen LogP contribution in [0.25, 0.3) is 21.9 Å². The molecule has 0 spiro atoms. The highest BCUT2D eigenvalue weighted by atomic mass is 28.3. The molecule has 0 aliphatic heterocycles. The summed E-state index contributed by atoms with van der Waals surface area (Å²) in [5.41, 5.74) is 4.02. The van der Waals surface area contributed by atoms with E-state index in [4.69, 9.17) is 14.5 Å². The zero-order chi connectivity index (χ0) is 28.5. The number of hydrogen-bond donors (Lipinski definition) is 2. The van der Waals surface area contributed by atoms with E-state index in [0.29, 0.717) is 41.4 Å². The first-order chi connectivity index (χ1) is 19.1. The predicted octanol–water partition coefficient (Wildman–Crippen LogP) is 6.84. The maximum absolute atomic E-state index is 12.4. The molecule has 2 N–H and O–H groups in total. The van der Waals surface area contributed by atoms with Crippen LogP contribution in [-0.2, 0) is 23.7 Å². The lowest BCUT2D eigenvalue weighted by atomic mass is 9.89. The molecule has 0 amide bonds. The molecule has 0 saturated carbocycles. The first-order valence-corrected chi connectivity index (χ1v) is 17.3. The molecule has 7 nitrogen and oxygen atoms in total. The number of nitrogens with one attached hydrogen (secondary N) is 1. The highest BCUT2D eigenvalue weighted by Crippen LogP contribution is 2.42. The molecule has 0 aliphatic carbocycles. The minimum Gasteiger partial charge on any atom is -0.488 e. The fraction of sp³-hybridized carbons (Fsp3) is 0.312. The first kappa shape index (κ1) is 27.7. The van der Waals surface area contributed by atoms with Gasteiger partial charge < -0.3 is 24.1 Å². The summed E-state index contributed by atoms with van der Waals surface area (Å²) in [6.45, 7) is 11.9. The molecule has 0 bridgehead atoms. The number of nitriles is 1. The van der Waals surface area contributed by atoms with E-state index < -0.39 is 13.7 Å². The van der Waals surface area contributed by atoms with Crippen molar-refractivity contribution in [2.75, 3.05) is 6.61 Å². The van der Waals surface area contributed by atoms with Gasteiger partial charge in [-0.25, -0.2) is 4.98 Å². The Labute approximate surface area is 236 Å². The summed E-state index contributed by atoms with van der Waals surface area (Å²) in [6, 6.07) is 22.5. The summed E-state index contributed by atoms with van der Waals surface area (Å²) < 4.78 is 14.4. The van der Waals surface area contributed by atoms with Crippen molar-refractivity contribution >= 4 is 30.0 Å². The van der Waals surface area contributed by atoms with E-state index in [2.05, 4.69) is 30.7 Å². The fourth-order valence-electron chi connectivity index (χ4n) is 5.07. The smallest absolute Gasteiger partial charge is 0.149 e. The van der Waals surface area contributed by atoms with Gasteiger partial charge in [0.15, 0.2) is 0 Å². The van der Waals surface area contributed by atoms with E-state index in [1.807, 2.05) is 66.2 Å². The lowest BCUT2D eigenvalue weighted by Gasteiger charge is -2.28. The first-order valence-electron chi connectivity index (χ1n) is 13.6. The van der Waals surface area contributed by atoms with E-state index in [0.717, 1.165) is 33.6 Å². The Balaban J connectivity index is 1.63. The van der Waals surface area contributed by atoms with Crippen molar-refractivity contribution in [1.82, 2.24) is 14.5 Å². The Kier molecular flexibility index (Phi) is 7.56. The normalized spacial score (nSPS) is 13.4. The molecule has 0 aliphatic rings. The van der Waals surface area contributed by atoms with Crippen LogP contribution in [0.3, 0.4) is 0 Å². The monoisotopic (exact) mass is 552 g/mol. The topological polar surface area (TPSA) is 96.1 Å². The molecule has 40 heavy (non-hydrogen) atoms. The average molecular weight is 553 g/mol. The van der Waals surface area contributed by atoms with Crippen LogP contribution in [0.1, 0.15) is 35.0 Å². The highest BCUT2D eigenvalue weighted by Gasteiger charge is 2.37. The minimum absolute atomic E-state index is 0.212. The Hall–Kier alpha value is -3.90.